The van der Waals surface area contributed by atoms with Crippen LogP contribution in [0.1, 0.15) is 34.1 Å². The van der Waals surface area contributed by atoms with Gasteiger partial charge in [0.25, 0.3) is 0 Å². The first-order chi connectivity index (χ1) is 4.81. The third kappa shape index (κ3) is 3.79. The zero-order valence-corrected chi connectivity index (χ0v) is 10.1. The molecular weight excluding hydrogens is 199 g/mol. The van der Waals surface area contributed by atoms with Crippen molar-refractivity contribution in [1.82, 2.24) is 0 Å². The average molecular weight is 215 g/mol. The molecule has 0 unspecified atom stereocenters. The molecular formula is C7H16Cl2OSi. The molecule has 0 heterocycles. The van der Waals surface area contributed by atoms with Crippen molar-refractivity contribution in [2.45, 2.75) is 39.2 Å². The van der Waals surface area contributed by atoms with Gasteiger partial charge in [-0.1, -0.05) is 27.7 Å². The van der Waals surface area contributed by atoms with E-state index in [1.165, 1.54) is 0 Å². The Balaban J connectivity index is 4.00. The molecule has 0 N–H and O–H groups in total. The molecule has 0 amide bonds. The van der Waals surface area contributed by atoms with Gasteiger partial charge >= 0.3 is 6.94 Å². The van der Waals surface area contributed by atoms with E-state index in [0.717, 1.165) is 6.42 Å². The molecule has 4 heteroatoms. The van der Waals surface area contributed by atoms with Crippen LogP contribution in [0.15, 0.2) is 0 Å². The molecule has 0 rings (SSSR count). The van der Waals surface area contributed by atoms with Gasteiger partial charge in [-0.3, -0.25) is 0 Å². The zero-order chi connectivity index (χ0) is 9.12. The highest BCUT2D eigenvalue weighted by Gasteiger charge is 2.44. The summed E-state index contributed by atoms with van der Waals surface area (Å²) in [7, 11) is 0. The first-order valence-electron chi connectivity index (χ1n) is 3.83. The van der Waals surface area contributed by atoms with Gasteiger partial charge in [-0.25, -0.2) is 0 Å². The Hall–Kier alpha value is 0.757. The summed E-state index contributed by atoms with van der Waals surface area (Å²) in [6, 6.07) is 0. The van der Waals surface area contributed by atoms with Crippen LogP contribution in [0.4, 0.5) is 0 Å². The molecule has 0 aromatic carbocycles. The number of hydrogen-bond acceptors (Lipinski definition) is 1. The molecule has 0 radical (unpaired) electrons. The summed E-state index contributed by atoms with van der Waals surface area (Å²) in [5.41, 5.74) is 0. The number of hydrogen-bond donors (Lipinski definition) is 0. The van der Waals surface area contributed by atoms with Gasteiger partial charge in [0.2, 0.25) is 0 Å². The molecule has 1 nitrogen and oxygen atoms in total. The first-order valence-corrected chi connectivity index (χ1v) is 7.76. The lowest BCUT2D eigenvalue weighted by Crippen LogP contribution is -2.36. The van der Waals surface area contributed by atoms with E-state index in [4.69, 9.17) is 26.6 Å². The largest absolute Gasteiger partial charge is 0.395 e. The maximum Gasteiger partial charge on any atom is 0.395 e. The molecule has 0 aromatic rings. The topological polar surface area (TPSA) is 9.23 Å². The van der Waals surface area contributed by atoms with E-state index < -0.39 is 6.94 Å². The molecule has 0 saturated carbocycles. The van der Waals surface area contributed by atoms with E-state index in [2.05, 4.69) is 0 Å². The fourth-order valence-corrected chi connectivity index (χ4v) is 1.80. The Morgan fingerprint density at radius 1 is 1.27 bits per heavy atom. The number of halogens is 2. The lowest BCUT2D eigenvalue weighted by Gasteiger charge is -2.30. The number of rotatable bonds is 3. The summed E-state index contributed by atoms with van der Waals surface area (Å²) in [5.74, 6) is 0. The normalized spacial score (nSPS) is 13.6. The molecule has 0 aliphatic heterocycles. The Labute approximate surface area is 79.6 Å². The molecule has 0 aliphatic carbocycles. The van der Waals surface area contributed by atoms with Gasteiger partial charge in [-0.2, -0.15) is 0 Å². The van der Waals surface area contributed by atoms with Crippen molar-refractivity contribution in [3.63, 3.8) is 0 Å². The smallest absolute Gasteiger partial charge is 0.392 e. The van der Waals surface area contributed by atoms with Crippen LogP contribution in [0.2, 0.25) is 5.04 Å². The SMILES string of the molecule is CCCO[Si](Cl)(Cl)C(C)(C)C. The van der Waals surface area contributed by atoms with Crippen LogP contribution >= 0.6 is 22.2 Å². The maximum atomic E-state index is 6.07. The minimum atomic E-state index is -2.48. The standard InChI is InChI=1S/C7H16Cl2OSi/c1-5-6-10-11(8,9)7(2,3)4/h5-6H2,1-4H3. The van der Waals surface area contributed by atoms with Crippen LogP contribution in [-0.2, 0) is 4.43 Å². The summed E-state index contributed by atoms with van der Waals surface area (Å²) in [5, 5.41) is -0.106. The van der Waals surface area contributed by atoms with Crippen LogP contribution in [0.5, 0.6) is 0 Å². The summed E-state index contributed by atoms with van der Waals surface area (Å²) >= 11 is 12.1. The van der Waals surface area contributed by atoms with Crippen LogP contribution in [0.25, 0.3) is 0 Å². The molecule has 0 spiro atoms. The van der Waals surface area contributed by atoms with E-state index in [1.807, 2.05) is 27.7 Å². The molecule has 0 aromatic heterocycles. The van der Waals surface area contributed by atoms with Crippen LogP contribution in [0, 0.1) is 0 Å². The predicted molar refractivity (Wildman–Crippen MR) is 53.4 cm³/mol. The quantitative estimate of drug-likeness (QED) is 0.516. The summed E-state index contributed by atoms with van der Waals surface area (Å²) < 4.78 is 5.41. The molecule has 0 bridgehead atoms. The van der Waals surface area contributed by atoms with Crippen molar-refractivity contribution in [3.8, 4) is 0 Å². The second kappa shape index (κ2) is 4.12. The monoisotopic (exact) mass is 214 g/mol. The van der Waals surface area contributed by atoms with Crippen LogP contribution in [-0.4, -0.2) is 13.5 Å². The van der Waals surface area contributed by atoms with Gasteiger partial charge in [0.15, 0.2) is 0 Å². The van der Waals surface area contributed by atoms with Crippen molar-refractivity contribution in [1.29, 1.82) is 0 Å². The molecule has 0 aliphatic rings. The summed E-state index contributed by atoms with van der Waals surface area (Å²) in [4.78, 5) is 0. The fraction of sp³-hybridized carbons (Fsp3) is 1.00. The summed E-state index contributed by atoms with van der Waals surface area (Å²) in [6.45, 7) is 6.25. The highest BCUT2D eigenvalue weighted by atomic mass is 35.7. The second-order valence-electron chi connectivity index (χ2n) is 3.62. The second-order valence-corrected chi connectivity index (χ2v) is 10.2. The van der Waals surface area contributed by atoms with E-state index in [1.54, 1.807) is 0 Å². The first kappa shape index (κ1) is 11.8. The van der Waals surface area contributed by atoms with E-state index in [-0.39, 0.29) is 5.04 Å². The highest BCUT2D eigenvalue weighted by molar-refractivity contribution is 7.43. The lowest BCUT2D eigenvalue weighted by molar-refractivity contribution is 0.308. The van der Waals surface area contributed by atoms with Crippen molar-refractivity contribution in [2.75, 3.05) is 6.61 Å². The van der Waals surface area contributed by atoms with Gasteiger partial charge in [0.05, 0.1) is 0 Å². The van der Waals surface area contributed by atoms with Crippen LogP contribution < -0.4 is 0 Å². The van der Waals surface area contributed by atoms with Gasteiger partial charge < -0.3 is 4.43 Å². The van der Waals surface area contributed by atoms with Gasteiger partial charge in [0.1, 0.15) is 0 Å². The molecule has 0 atom stereocenters. The predicted octanol–water partition coefficient (Wildman–Crippen LogP) is 3.63. The van der Waals surface area contributed by atoms with E-state index in [9.17, 15) is 0 Å². The third-order valence-corrected chi connectivity index (χ3v) is 7.73. The average Bonchev–Trinajstić information content (AvgIpc) is 1.81. The Morgan fingerprint density at radius 3 is 2.00 bits per heavy atom. The summed E-state index contributed by atoms with van der Waals surface area (Å²) in [6.07, 6.45) is 0.963. The van der Waals surface area contributed by atoms with Crippen molar-refractivity contribution in [2.24, 2.45) is 0 Å². The molecule has 68 valence electrons. The third-order valence-electron chi connectivity index (χ3n) is 1.36. The Bertz CT molecular complexity index is 120. The Kier molecular flexibility index (Phi) is 4.41. The highest BCUT2D eigenvalue weighted by Crippen LogP contribution is 2.42. The zero-order valence-electron chi connectivity index (χ0n) is 7.58. The lowest BCUT2D eigenvalue weighted by atomic mass is 10.3. The van der Waals surface area contributed by atoms with Crippen molar-refractivity contribution >= 4 is 29.1 Å². The molecule has 0 fully saturated rings. The maximum absolute atomic E-state index is 6.07. The van der Waals surface area contributed by atoms with Crippen molar-refractivity contribution < 1.29 is 4.43 Å². The van der Waals surface area contributed by atoms with Gasteiger partial charge in [-0.15, -0.1) is 22.2 Å². The van der Waals surface area contributed by atoms with E-state index in [0.29, 0.717) is 6.61 Å². The van der Waals surface area contributed by atoms with Crippen molar-refractivity contribution in [3.05, 3.63) is 0 Å². The van der Waals surface area contributed by atoms with Crippen LogP contribution in [0.3, 0.4) is 0 Å². The molecule has 0 saturated heterocycles. The fourth-order valence-electron chi connectivity index (χ4n) is 0.447. The van der Waals surface area contributed by atoms with Gasteiger partial charge in [-0.05, 0) is 6.42 Å². The Morgan fingerprint density at radius 2 is 1.73 bits per heavy atom. The van der Waals surface area contributed by atoms with E-state index >= 15 is 0 Å². The minimum Gasteiger partial charge on any atom is -0.392 e. The van der Waals surface area contributed by atoms with Gasteiger partial charge in [0, 0.05) is 11.6 Å². The molecule has 11 heavy (non-hydrogen) atoms. The minimum absolute atomic E-state index is 0.106.